The van der Waals surface area contributed by atoms with Gasteiger partial charge in [0.15, 0.2) is 5.78 Å². The zero-order valence-corrected chi connectivity index (χ0v) is 17.7. The highest BCUT2D eigenvalue weighted by molar-refractivity contribution is 6.10. The van der Waals surface area contributed by atoms with Gasteiger partial charge in [-0.1, -0.05) is 36.4 Å². The molecule has 1 N–H and O–H groups in total. The van der Waals surface area contributed by atoms with Crippen LogP contribution < -0.4 is 0 Å². The van der Waals surface area contributed by atoms with Crippen LogP contribution in [-0.4, -0.2) is 47.2 Å². The first-order chi connectivity index (χ1) is 14.4. The van der Waals surface area contributed by atoms with Gasteiger partial charge in [0.1, 0.15) is 5.69 Å². The van der Waals surface area contributed by atoms with Crippen LogP contribution in [0.1, 0.15) is 56.3 Å². The van der Waals surface area contributed by atoms with Crippen LogP contribution in [0.5, 0.6) is 0 Å². The Bertz CT molecular complexity index is 1110. The molecule has 1 amide bonds. The molecule has 6 nitrogen and oxygen atoms in total. The van der Waals surface area contributed by atoms with E-state index in [2.05, 4.69) is 4.98 Å². The minimum Gasteiger partial charge on any atom is -0.461 e. The topological polar surface area (TPSA) is 79.5 Å². The van der Waals surface area contributed by atoms with E-state index in [1.54, 1.807) is 26.8 Å². The predicted molar refractivity (Wildman–Crippen MR) is 116 cm³/mol. The third-order valence-electron chi connectivity index (χ3n) is 5.22. The quantitative estimate of drug-likeness (QED) is 0.468. The minimum atomic E-state index is -0.490. The van der Waals surface area contributed by atoms with Crippen molar-refractivity contribution in [1.29, 1.82) is 0 Å². The predicted octanol–water partition coefficient (Wildman–Crippen LogP) is 4.31. The van der Waals surface area contributed by atoms with Crippen LogP contribution in [0.4, 0.5) is 0 Å². The van der Waals surface area contributed by atoms with E-state index in [9.17, 15) is 14.4 Å². The highest BCUT2D eigenvalue weighted by Gasteiger charge is 2.26. The number of carbonyl (C=O) groups excluding carboxylic acids is 3. The van der Waals surface area contributed by atoms with Crippen molar-refractivity contribution in [2.45, 2.75) is 27.7 Å². The molecule has 0 fully saturated rings. The molecule has 1 aromatic heterocycles. The van der Waals surface area contributed by atoms with Gasteiger partial charge in [0, 0.05) is 23.4 Å². The summed E-state index contributed by atoms with van der Waals surface area (Å²) < 4.78 is 5.05. The molecule has 0 aliphatic rings. The van der Waals surface area contributed by atoms with E-state index >= 15 is 0 Å². The van der Waals surface area contributed by atoms with Gasteiger partial charge in [-0.05, 0) is 50.1 Å². The summed E-state index contributed by atoms with van der Waals surface area (Å²) in [4.78, 5) is 42.9. The summed E-state index contributed by atoms with van der Waals surface area (Å²) >= 11 is 0. The second kappa shape index (κ2) is 8.95. The Hall–Kier alpha value is -3.41. The second-order valence-electron chi connectivity index (χ2n) is 7.11. The number of hydrogen-bond donors (Lipinski definition) is 1. The molecule has 0 atom stereocenters. The van der Waals surface area contributed by atoms with Crippen LogP contribution in [0.15, 0.2) is 42.5 Å². The summed E-state index contributed by atoms with van der Waals surface area (Å²) in [6.07, 6.45) is 0. The number of likely N-dealkylation sites (N-methyl/N-ethyl adjacent to an activating group) is 1. The molecule has 0 aliphatic heterocycles. The largest absolute Gasteiger partial charge is 0.461 e. The summed E-state index contributed by atoms with van der Waals surface area (Å²) in [6, 6.07) is 13.3. The number of fused-ring (bicyclic) bond motifs is 1. The van der Waals surface area contributed by atoms with E-state index in [1.165, 1.54) is 4.90 Å². The second-order valence-corrected chi connectivity index (χ2v) is 7.11. The number of aromatic nitrogens is 1. The fourth-order valence-corrected chi connectivity index (χ4v) is 3.74. The van der Waals surface area contributed by atoms with Gasteiger partial charge >= 0.3 is 5.97 Å². The fourth-order valence-electron chi connectivity index (χ4n) is 3.74. The minimum absolute atomic E-state index is 0.0691. The van der Waals surface area contributed by atoms with Gasteiger partial charge in [0.05, 0.1) is 13.2 Å². The van der Waals surface area contributed by atoms with Crippen molar-refractivity contribution >= 4 is 28.4 Å². The van der Waals surface area contributed by atoms with Crippen LogP contribution >= 0.6 is 0 Å². The average molecular weight is 406 g/mol. The highest BCUT2D eigenvalue weighted by Crippen LogP contribution is 2.22. The molecule has 3 rings (SSSR count). The molecule has 3 aromatic rings. The van der Waals surface area contributed by atoms with E-state index in [4.69, 9.17) is 4.74 Å². The number of H-pyrrole nitrogens is 1. The Morgan fingerprint density at radius 3 is 2.40 bits per heavy atom. The molecule has 0 aliphatic carbocycles. The first-order valence-corrected chi connectivity index (χ1v) is 10.1. The molecule has 0 spiro atoms. The number of hydrogen-bond acceptors (Lipinski definition) is 4. The summed E-state index contributed by atoms with van der Waals surface area (Å²) in [5, 5.41) is 1.83. The van der Waals surface area contributed by atoms with Gasteiger partial charge in [0.25, 0.3) is 5.91 Å². The monoisotopic (exact) mass is 406 g/mol. The highest BCUT2D eigenvalue weighted by atomic mass is 16.5. The number of nitrogens with one attached hydrogen (secondary N) is 1. The number of rotatable bonds is 7. The van der Waals surface area contributed by atoms with E-state index in [1.807, 2.05) is 43.3 Å². The van der Waals surface area contributed by atoms with E-state index in [0.29, 0.717) is 28.9 Å². The average Bonchev–Trinajstić information content (AvgIpc) is 3.05. The molecule has 1 heterocycles. The fraction of sp³-hybridized carbons (Fsp3) is 0.292. The molecule has 0 bridgehead atoms. The Kier molecular flexibility index (Phi) is 6.35. The van der Waals surface area contributed by atoms with Gasteiger partial charge in [-0.3, -0.25) is 9.59 Å². The van der Waals surface area contributed by atoms with Crippen molar-refractivity contribution in [2.24, 2.45) is 0 Å². The maximum Gasteiger partial charge on any atom is 0.355 e. The number of aryl methyl sites for hydroxylation is 1. The number of carbonyl (C=O) groups is 3. The zero-order chi connectivity index (χ0) is 21.8. The van der Waals surface area contributed by atoms with Gasteiger partial charge in [-0.2, -0.15) is 0 Å². The van der Waals surface area contributed by atoms with Crippen molar-refractivity contribution < 1.29 is 19.1 Å². The lowest BCUT2D eigenvalue weighted by Crippen LogP contribution is -2.36. The number of Topliss-reactive ketones (excluding diaryl/α,β-unsaturated/α-hetero) is 1. The van der Waals surface area contributed by atoms with Crippen LogP contribution in [0.2, 0.25) is 0 Å². The summed E-state index contributed by atoms with van der Waals surface area (Å²) in [6.45, 7) is 7.60. The molecule has 0 unspecified atom stereocenters. The van der Waals surface area contributed by atoms with Gasteiger partial charge in [-0.15, -0.1) is 0 Å². The molecular formula is C24H26N2O4. The number of aromatic amines is 1. The van der Waals surface area contributed by atoms with Crippen molar-refractivity contribution in [1.82, 2.24) is 9.88 Å². The van der Waals surface area contributed by atoms with Gasteiger partial charge < -0.3 is 14.6 Å². The Balaban J connectivity index is 1.88. The number of benzene rings is 2. The van der Waals surface area contributed by atoms with Crippen molar-refractivity contribution in [2.75, 3.05) is 19.7 Å². The first kappa shape index (κ1) is 21.3. The maximum atomic E-state index is 13.2. The van der Waals surface area contributed by atoms with Crippen molar-refractivity contribution in [3.8, 4) is 0 Å². The lowest BCUT2D eigenvalue weighted by atomic mass is 10.0. The number of ether oxygens (including phenoxy) is 1. The van der Waals surface area contributed by atoms with Crippen molar-refractivity contribution in [3.63, 3.8) is 0 Å². The van der Waals surface area contributed by atoms with Gasteiger partial charge in [-0.25, -0.2) is 4.79 Å². The van der Waals surface area contributed by atoms with Crippen LogP contribution in [0.25, 0.3) is 10.8 Å². The summed E-state index contributed by atoms with van der Waals surface area (Å²) in [5.41, 5.74) is 2.42. The smallest absolute Gasteiger partial charge is 0.355 e. The number of ketones is 1. The third-order valence-corrected chi connectivity index (χ3v) is 5.22. The first-order valence-electron chi connectivity index (χ1n) is 10.1. The Labute approximate surface area is 175 Å². The molecule has 2 aromatic carbocycles. The molecule has 0 saturated carbocycles. The lowest BCUT2D eigenvalue weighted by molar-refractivity contribution is 0.0519. The number of nitrogens with zero attached hydrogens (tertiary/aromatic N) is 1. The zero-order valence-electron chi connectivity index (χ0n) is 17.7. The molecule has 0 radical (unpaired) electrons. The van der Waals surface area contributed by atoms with Crippen LogP contribution in [0.3, 0.4) is 0 Å². The molecule has 30 heavy (non-hydrogen) atoms. The molecule has 6 heteroatoms. The van der Waals surface area contributed by atoms with Crippen LogP contribution in [-0.2, 0) is 4.74 Å². The van der Waals surface area contributed by atoms with Crippen molar-refractivity contribution in [3.05, 3.63) is 70.5 Å². The number of esters is 1. The lowest BCUT2D eigenvalue weighted by Gasteiger charge is -2.21. The standard InChI is InChI=1S/C24H26N2O4/c1-5-26(23(28)19-13-9-11-17-10-7-8-12-18(17)19)14-20(27)21-15(3)22(25-16(21)4)24(29)30-6-2/h7-13,25H,5-6,14H2,1-4H3. The van der Waals surface area contributed by atoms with E-state index in [-0.39, 0.29) is 30.5 Å². The normalized spacial score (nSPS) is 10.8. The third kappa shape index (κ3) is 3.99. The Morgan fingerprint density at radius 1 is 1.00 bits per heavy atom. The van der Waals surface area contributed by atoms with Gasteiger partial charge in [0.2, 0.25) is 0 Å². The van der Waals surface area contributed by atoms with E-state index in [0.717, 1.165) is 10.8 Å². The number of amides is 1. The summed E-state index contributed by atoms with van der Waals surface area (Å²) in [5.74, 6) is -0.900. The Morgan fingerprint density at radius 2 is 1.70 bits per heavy atom. The molecule has 0 saturated heterocycles. The van der Waals surface area contributed by atoms with Crippen LogP contribution in [0, 0.1) is 13.8 Å². The molecule has 156 valence electrons. The molecular weight excluding hydrogens is 380 g/mol. The maximum absolute atomic E-state index is 13.2. The van der Waals surface area contributed by atoms with E-state index < -0.39 is 5.97 Å². The SMILES string of the molecule is CCOC(=O)c1[nH]c(C)c(C(=O)CN(CC)C(=O)c2cccc3ccccc23)c1C. The summed E-state index contributed by atoms with van der Waals surface area (Å²) in [7, 11) is 0.